The van der Waals surface area contributed by atoms with Crippen LogP contribution in [0.1, 0.15) is 22.3 Å². The van der Waals surface area contributed by atoms with Crippen molar-refractivity contribution in [1.82, 2.24) is 4.90 Å². The van der Waals surface area contributed by atoms with Crippen LogP contribution in [-0.4, -0.2) is 58.3 Å². The second-order valence-electron chi connectivity index (χ2n) is 7.13. The molecule has 1 saturated heterocycles. The first-order valence-electron chi connectivity index (χ1n) is 7.86. The van der Waals surface area contributed by atoms with E-state index in [1.54, 1.807) is 18.2 Å². The highest BCUT2D eigenvalue weighted by atomic mass is 16.5. The molecule has 120 valence electrons. The zero-order valence-electron chi connectivity index (χ0n) is 12.7. The van der Waals surface area contributed by atoms with Crippen LogP contribution in [0.2, 0.25) is 0 Å². The minimum Gasteiger partial charge on any atom is -0.504 e. The van der Waals surface area contributed by atoms with Crippen LogP contribution >= 0.6 is 0 Å². The Hall–Kier alpha value is -1.89. The van der Waals surface area contributed by atoms with Gasteiger partial charge in [-0.1, -0.05) is 12.2 Å². The fraction of sp³-hybridized carbons (Fsp3) is 0.471. The number of phenols is 1. The van der Waals surface area contributed by atoms with Crippen LogP contribution < -0.4 is 10.5 Å². The average Bonchev–Trinajstić information content (AvgIpc) is 2.86. The molecule has 5 atom stereocenters. The number of aliphatic hydroxyl groups is 1. The lowest BCUT2D eigenvalue weighted by Gasteiger charge is -2.61. The van der Waals surface area contributed by atoms with E-state index in [-0.39, 0.29) is 11.5 Å². The highest BCUT2D eigenvalue weighted by molar-refractivity contribution is 6.06. The van der Waals surface area contributed by atoms with Gasteiger partial charge in [0, 0.05) is 11.1 Å². The maximum Gasteiger partial charge on any atom is 0.182 e. The summed E-state index contributed by atoms with van der Waals surface area (Å²) in [5.41, 5.74) is 6.42. The van der Waals surface area contributed by atoms with Crippen molar-refractivity contribution < 1.29 is 19.7 Å². The molecule has 2 aliphatic heterocycles. The lowest BCUT2D eigenvalue weighted by Crippen LogP contribution is -2.80. The Balaban J connectivity index is 1.94. The number of hydrogen-bond donors (Lipinski definition) is 3. The van der Waals surface area contributed by atoms with Gasteiger partial charge < -0.3 is 20.7 Å². The highest BCUT2D eigenvalue weighted by Gasteiger charge is 2.72. The molecule has 23 heavy (non-hydrogen) atoms. The van der Waals surface area contributed by atoms with Crippen molar-refractivity contribution in [3.8, 4) is 11.5 Å². The van der Waals surface area contributed by atoms with E-state index in [0.29, 0.717) is 29.8 Å². The lowest BCUT2D eigenvalue weighted by molar-refractivity contribution is -0.0500. The predicted molar refractivity (Wildman–Crippen MR) is 81.6 cm³/mol. The van der Waals surface area contributed by atoms with E-state index in [1.165, 1.54) is 6.07 Å². The SMILES string of the molecule is CN1CC[C@]23c4c5ccc(O)c4O[C@H]2[C@@H](O)C=C[C@@]3(N)[C@H]1C5=O. The number of likely N-dealkylation sites (N-methyl/N-ethyl adjacent to an activating group) is 1. The number of hydrogen-bond acceptors (Lipinski definition) is 6. The molecule has 5 rings (SSSR count). The second kappa shape index (κ2) is 3.77. The Labute approximate surface area is 133 Å². The zero-order chi connectivity index (χ0) is 16.1. The van der Waals surface area contributed by atoms with Gasteiger partial charge in [-0.15, -0.1) is 0 Å². The number of ether oxygens (including phenoxy) is 1. The van der Waals surface area contributed by atoms with Crippen LogP contribution in [0.3, 0.4) is 0 Å². The Kier molecular flexibility index (Phi) is 2.22. The van der Waals surface area contributed by atoms with Crippen molar-refractivity contribution in [2.24, 2.45) is 5.73 Å². The molecule has 0 amide bonds. The van der Waals surface area contributed by atoms with Crippen molar-refractivity contribution in [1.29, 1.82) is 0 Å². The summed E-state index contributed by atoms with van der Waals surface area (Å²) < 4.78 is 5.97. The molecule has 1 aromatic carbocycles. The third-order valence-corrected chi connectivity index (χ3v) is 6.23. The topological polar surface area (TPSA) is 96.0 Å². The molecule has 6 nitrogen and oxygen atoms in total. The largest absolute Gasteiger partial charge is 0.504 e. The lowest BCUT2D eigenvalue weighted by atomic mass is 9.49. The number of nitrogens with zero attached hydrogens (tertiary/aromatic N) is 1. The summed E-state index contributed by atoms with van der Waals surface area (Å²) in [4.78, 5) is 15.1. The van der Waals surface area contributed by atoms with Crippen molar-refractivity contribution >= 4 is 5.78 Å². The van der Waals surface area contributed by atoms with Gasteiger partial charge in [0.15, 0.2) is 17.3 Å². The number of likely N-dealkylation sites (tertiary alicyclic amines) is 1. The summed E-state index contributed by atoms with van der Waals surface area (Å²) in [5.74, 6) is 0.251. The first-order chi connectivity index (χ1) is 10.9. The molecule has 1 aromatic rings. The molecule has 2 heterocycles. The minimum atomic E-state index is -0.951. The maximum absolute atomic E-state index is 13.1. The monoisotopic (exact) mass is 314 g/mol. The highest BCUT2D eigenvalue weighted by Crippen LogP contribution is 2.62. The fourth-order valence-electron chi connectivity index (χ4n) is 5.27. The smallest absolute Gasteiger partial charge is 0.182 e. The van der Waals surface area contributed by atoms with Gasteiger partial charge in [-0.05, 0) is 32.1 Å². The summed E-state index contributed by atoms with van der Waals surface area (Å²) in [6.07, 6.45) is 2.67. The summed E-state index contributed by atoms with van der Waals surface area (Å²) >= 11 is 0. The van der Waals surface area contributed by atoms with Crippen molar-refractivity contribution in [3.05, 3.63) is 35.4 Å². The fourth-order valence-corrected chi connectivity index (χ4v) is 5.27. The van der Waals surface area contributed by atoms with Crippen LogP contribution in [0.5, 0.6) is 11.5 Å². The van der Waals surface area contributed by atoms with Gasteiger partial charge in [0.1, 0.15) is 12.2 Å². The number of aliphatic hydroxyl groups excluding tert-OH is 1. The Morgan fingerprint density at radius 2 is 2.22 bits per heavy atom. The third kappa shape index (κ3) is 1.20. The molecular weight excluding hydrogens is 296 g/mol. The molecule has 6 heteroatoms. The van der Waals surface area contributed by atoms with Gasteiger partial charge in [0.25, 0.3) is 0 Å². The molecule has 0 saturated carbocycles. The van der Waals surface area contributed by atoms with Crippen molar-refractivity contribution in [2.75, 3.05) is 13.6 Å². The van der Waals surface area contributed by atoms with Crippen LogP contribution in [0.4, 0.5) is 0 Å². The van der Waals surface area contributed by atoms with Gasteiger partial charge in [0.2, 0.25) is 0 Å². The molecular formula is C17H18N2O4. The second-order valence-corrected chi connectivity index (χ2v) is 7.13. The molecule has 0 radical (unpaired) electrons. The number of benzene rings is 1. The summed E-state index contributed by atoms with van der Waals surface area (Å²) in [5, 5.41) is 20.7. The number of nitrogens with two attached hydrogens (primary N) is 1. The van der Waals surface area contributed by atoms with E-state index in [0.717, 1.165) is 0 Å². The molecule has 4 N–H and O–H groups in total. The number of phenolic OH excluding ortho intramolecular Hbond substituents is 1. The average molecular weight is 314 g/mol. The molecule has 1 spiro atoms. The standard InChI is InChI=1S/C17H18N2O4/c1-19-7-6-16-11-8-2-3-9(20)13(11)23-15(16)10(21)4-5-17(16,18)14(19)12(8)22/h2-5,10,14-15,20-21H,6-7,18H2,1H3/t10-,14+,15-,16-,17+/m0/s1. The minimum absolute atomic E-state index is 0.00717. The number of piperidine rings is 1. The number of ketones is 1. The normalized spacial score (nSPS) is 43.3. The van der Waals surface area contributed by atoms with Gasteiger partial charge >= 0.3 is 0 Å². The quantitative estimate of drug-likeness (QED) is 0.580. The molecule has 2 aliphatic carbocycles. The predicted octanol–water partition coefficient (Wildman–Crippen LogP) is -0.0804. The molecule has 2 bridgehead atoms. The van der Waals surface area contributed by atoms with Gasteiger partial charge in [-0.25, -0.2) is 0 Å². The molecule has 0 unspecified atom stereocenters. The number of carbonyl (C=O) groups is 1. The first kappa shape index (κ1) is 13.5. The van der Waals surface area contributed by atoms with Crippen molar-refractivity contribution in [3.63, 3.8) is 0 Å². The van der Waals surface area contributed by atoms with E-state index in [4.69, 9.17) is 10.5 Å². The van der Waals surface area contributed by atoms with E-state index in [1.807, 2.05) is 11.9 Å². The van der Waals surface area contributed by atoms with Gasteiger partial charge in [0.05, 0.1) is 17.0 Å². The zero-order valence-corrected chi connectivity index (χ0v) is 12.7. The molecule has 4 aliphatic rings. The molecule has 1 fully saturated rings. The van der Waals surface area contributed by atoms with Crippen molar-refractivity contribution in [2.45, 2.75) is 35.6 Å². The number of carbonyl (C=O) groups excluding carboxylic acids is 1. The summed E-state index contributed by atoms with van der Waals surface area (Å²) in [6, 6.07) is 2.65. The number of rotatable bonds is 0. The Morgan fingerprint density at radius 3 is 3.00 bits per heavy atom. The maximum atomic E-state index is 13.1. The summed E-state index contributed by atoms with van der Waals surface area (Å²) in [7, 11) is 1.90. The van der Waals surface area contributed by atoms with Crippen LogP contribution in [-0.2, 0) is 5.41 Å². The Bertz CT molecular complexity index is 791. The van der Waals surface area contributed by atoms with E-state index >= 15 is 0 Å². The van der Waals surface area contributed by atoms with E-state index < -0.39 is 29.2 Å². The van der Waals surface area contributed by atoms with E-state index in [2.05, 4.69) is 0 Å². The Morgan fingerprint density at radius 1 is 1.43 bits per heavy atom. The van der Waals surface area contributed by atoms with Gasteiger partial charge in [-0.3, -0.25) is 9.69 Å². The van der Waals surface area contributed by atoms with Crippen LogP contribution in [0.15, 0.2) is 24.3 Å². The third-order valence-electron chi connectivity index (χ3n) is 6.23. The van der Waals surface area contributed by atoms with E-state index in [9.17, 15) is 15.0 Å². The number of aromatic hydroxyl groups is 1. The van der Waals surface area contributed by atoms with Crippen LogP contribution in [0.25, 0.3) is 0 Å². The molecule has 0 aromatic heterocycles. The summed E-state index contributed by atoms with van der Waals surface area (Å²) in [6.45, 7) is 0.685. The van der Waals surface area contributed by atoms with Crippen LogP contribution in [0, 0.1) is 0 Å². The first-order valence-corrected chi connectivity index (χ1v) is 7.86. The van der Waals surface area contributed by atoms with Gasteiger partial charge in [-0.2, -0.15) is 0 Å². The number of Topliss-reactive ketones (excluding diaryl/α,β-unsaturated/α-hetero) is 1.